The first-order valence-electron chi connectivity index (χ1n) is 7.72. The van der Waals surface area contributed by atoms with Gasteiger partial charge in [0.1, 0.15) is 5.69 Å². The fraction of sp³-hybridized carbons (Fsp3) is 0.625. The van der Waals surface area contributed by atoms with Crippen LogP contribution >= 0.6 is 0 Å². The van der Waals surface area contributed by atoms with Gasteiger partial charge in [-0.2, -0.15) is 0 Å². The van der Waals surface area contributed by atoms with Crippen LogP contribution in [0.3, 0.4) is 0 Å². The van der Waals surface area contributed by atoms with Crippen molar-refractivity contribution >= 4 is 5.91 Å². The number of pyridine rings is 1. The van der Waals surface area contributed by atoms with Gasteiger partial charge in [-0.25, -0.2) is 0 Å². The molecule has 1 atom stereocenters. The molecule has 1 amide bonds. The van der Waals surface area contributed by atoms with Crippen LogP contribution in [0.1, 0.15) is 55.6 Å². The van der Waals surface area contributed by atoms with Gasteiger partial charge in [-0.1, -0.05) is 19.9 Å². The zero-order valence-electron chi connectivity index (χ0n) is 12.9. The summed E-state index contributed by atoms with van der Waals surface area (Å²) >= 11 is 0. The van der Waals surface area contributed by atoms with E-state index in [9.17, 15) is 4.79 Å². The predicted molar refractivity (Wildman–Crippen MR) is 81.9 cm³/mol. The van der Waals surface area contributed by atoms with Gasteiger partial charge in [0.15, 0.2) is 0 Å². The molecule has 21 heavy (non-hydrogen) atoms. The number of rotatable bonds is 5. The lowest BCUT2D eigenvalue weighted by Gasteiger charge is -2.40. The molecule has 1 unspecified atom stereocenters. The fourth-order valence-corrected chi connectivity index (χ4v) is 2.83. The molecule has 3 N–H and O–H groups in total. The van der Waals surface area contributed by atoms with E-state index in [4.69, 9.17) is 10.5 Å². The molecule has 5 nitrogen and oxygen atoms in total. The molecule has 2 heterocycles. The highest BCUT2D eigenvalue weighted by molar-refractivity contribution is 5.92. The molecule has 1 aliphatic heterocycles. The van der Waals surface area contributed by atoms with Gasteiger partial charge in [-0.05, 0) is 37.3 Å². The molecule has 1 saturated heterocycles. The molecule has 0 aromatic carbocycles. The van der Waals surface area contributed by atoms with Crippen LogP contribution in [0.4, 0.5) is 0 Å². The lowest BCUT2D eigenvalue weighted by molar-refractivity contribution is -0.0917. The molecule has 116 valence electrons. The monoisotopic (exact) mass is 291 g/mol. The lowest BCUT2D eigenvalue weighted by Crippen LogP contribution is -2.48. The molecule has 0 saturated carbocycles. The average molecular weight is 291 g/mol. The van der Waals surface area contributed by atoms with Crippen LogP contribution in [-0.4, -0.2) is 29.1 Å². The Hall–Kier alpha value is -1.46. The number of carbonyl (C=O) groups excluding carboxylic acids is 1. The number of hydrogen-bond acceptors (Lipinski definition) is 4. The molecule has 0 aliphatic carbocycles. The molecule has 1 aliphatic rings. The summed E-state index contributed by atoms with van der Waals surface area (Å²) in [6.07, 6.45) is 5.32. The number of nitrogens with one attached hydrogen (secondary N) is 1. The first kappa shape index (κ1) is 15.9. The van der Waals surface area contributed by atoms with Crippen LogP contribution in [0.25, 0.3) is 0 Å². The molecule has 1 fully saturated rings. The lowest BCUT2D eigenvalue weighted by atomic mass is 9.86. The van der Waals surface area contributed by atoms with Crippen molar-refractivity contribution in [3.63, 3.8) is 0 Å². The summed E-state index contributed by atoms with van der Waals surface area (Å²) in [5.41, 5.74) is 6.81. The Kier molecular flexibility index (Phi) is 5.31. The van der Waals surface area contributed by atoms with E-state index in [-0.39, 0.29) is 17.6 Å². The summed E-state index contributed by atoms with van der Waals surface area (Å²) in [6, 6.07) is 3.72. The first-order valence-corrected chi connectivity index (χ1v) is 7.72. The molecule has 5 heteroatoms. The molecule has 0 radical (unpaired) electrons. The minimum absolute atomic E-state index is 0.0902. The van der Waals surface area contributed by atoms with Gasteiger partial charge in [0, 0.05) is 25.4 Å². The average Bonchev–Trinajstić information content (AvgIpc) is 2.55. The second kappa shape index (κ2) is 7.00. The van der Waals surface area contributed by atoms with Crippen molar-refractivity contribution in [2.45, 2.75) is 57.7 Å². The third-order valence-corrected chi connectivity index (χ3v) is 4.41. The number of carbonyl (C=O) groups is 1. The van der Waals surface area contributed by atoms with Crippen LogP contribution in [0.15, 0.2) is 18.3 Å². The molecule has 1 aromatic rings. The van der Waals surface area contributed by atoms with Crippen LogP contribution < -0.4 is 11.1 Å². The SMILES string of the molecule is CCC1(CC)CC(NC(=O)c2ccc(CN)cn2)CCO1. The second-order valence-corrected chi connectivity index (χ2v) is 5.66. The van der Waals surface area contributed by atoms with E-state index in [1.807, 2.05) is 6.07 Å². The van der Waals surface area contributed by atoms with Crippen LogP contribution in [0.5, 0.6) is 0 Å². The van der Waals surface area contributed by atoms with E-state index in [1.165, 1.54) is 0 Å². The largest absolute Gasteiger partial charge is 0.375 e. The molecule has 2 rings (SSSR count). The van der Waals surface area contributed by atoms with E-state index >= 15 is 0 Å². The summed E-state index contributed by atoms with van der Waals surface area (Å²) in [4.78, 5) is 16.4. The van der Waals surface area contributed by atoms with E-state index in [2.05, 4.69) is 24.1 Å². The molecular formula is C16H25N3O2. The third kappa shape index (κ3) is 3.80. The fourth-order valence-electron chi connectivity index (χ4n) is 2.83. The summed E-state index contributed by atoms with van der Waals surface area (Å²) in [5, 5.41) is 3.08. The van der Waals surface area contributed by atoms with Crippen molar-refractivity contribution < 1.29 is 9.53 Å². The number of ether oxygens (including phenoxy) is 1. The highest BCUT2D eigenvalue weighted by atomic mass is 16.5. The van der Waals surface area contributed by atoms with Crippen molar-refractivity contribution in [2.24, 2.45) is 5.73 Å². The van der Waals surface area contributed by atoms with Gasteiger partial charge in [0.05, 0.1) is 5.60 Å². The summed E-state index contributed by atoms with van der Waals surface area (Å²) < 4.78 is 5.93. The minimum Gasteiger partial charge on any atom is -0.375 e. The number of nitrogens with zero attached hydrogens (tertiary/aromatic N) is 1. The maximum atomic E-state index is 12.3. The maximum Gasteiger partial charge on any atom is 0.270 e. The number of hydrogen-bond donors (Lipinski definition) is 2. The molecular weight excluding hydrogens is 266 g/mol. The molecule has 1 aromatic heterocycles. The van der Waals surface area contributed by atoms with Gasteiger partial charge in [-0.15, -0.1) is 0 Å². The zero-order valence-corrected chi connectivity index (χ0v) is 12.9. The van der Waals surface area contributed by atoms with Crippen molar-refractivity contribution in [1.29, 1.82) is 0 Å². The van der Waals surface area contributed by atoms with Gasteiger partial charge < -0.3 is 15.8 Å². The summed E-state index contributed by atoms with van der Waals surface area (Å²) in [6.45, 7) is 5.41. The zero-order chi connectivity index (χ0) is 15.3. The normalized spacial score (nSPS) is 21.0. The molecule has 0 bridgehead atoms. The van der Waals surface area contributed by atoms with E-state index in [1.54, 1.807) is 12.3 Å². The first-order chi connectivity index (χ1) is 10.1. The minimum atomic E-state index is -0.119. The Labute approximate surface area is 126 Å². The molecule has 0 spiro atoms. The Balaban J connectivity index is 1.98. The van der Waals surface area contributed by atoms with E-state index in [0.29, 0.717) is 18.8 Å². The summed E-state index contributed by atoms with van der Waals surface area (Å²) in [5.74, 6) is -0.119. The van der Waals surface area contributed by atoms with E-state index in [0.717, 1.165) is 31.2 Å². The Bertz CT molecular complexity index is 469. The quantitative estimate of drug-likeness (QED) is 0.870. The topological polar surface area (TPSA) is 77.2 Å². The van der Waals surface area contributed by atoms with E-state index < -0.39 is 0 Å². The Morgan fingerprint density at radius 2 is 2.24 bits per heavy atom. The van der Waals surface area contributed by atoms with Crippen molar-refractivity contribution in [2.75, 3.05) is 6.61 Å². The smallest absolute Gasteiger partial charge is 0.270 e. The standard InChI is InChI=1S/C16H25N3O2/c1-3-16(4-2)9-13(7-8-21-16)19-15(20)14-6-5-12(10-17)11-18-14/h5-6,11,13H,3-4,7-10,17H2,1-2H3,(H,19,20). The maximum absolute atomic E-state index is 12.3. The van der Waals surface area contributed by atoms with Crippen molar-refractivity contribution in [3.05, 3.63) is 29.6 Å². The van der Waals surface area contributed by atoms with Gasteiger partial charge in [0.25, 0.3) is 5.91 Å². The van der Waals surface area contributed by atoms with Crippen LogP contribution in [-0.2, 0) is 11.3 Å². The highest BCUT2D eigenvalue weighted by Crippen LogP contribution is 2.31. The van der Waals surface area contributed by atoms with Gasteiger partial charge in [-0.3, -0.25) is 9.78 Å². The highest BCUT2D eigenvalue weighted by Gasteiger charge is 2.35. The van der Waals surface area contributed by atoms with Crippen molar-refractivity contribution in [3.8, 4) is 0 Å². The number of amides is 1. The van der Waals surface area contributed by atoms with Crippen LogP contribution in [0.2, 0.25) is 0 Å². The Morgan fingerprint density at radius 3 is 2.81 bits per heavy atom. The van der Waals surface area contributed by atoms with Gasteiger partial charge in [0.2, 0.25) is 0 Å². The van der Waals surface area contributed by atoms with Crippen LogP contribution in [0, 0.1) is 0 Å². The van der Waals surface area contributed by atoms with Gasteiger partial charge >= 0.3 is 0 Å². The number of aromatic nitrogens is 1. The summed E-state index contributed by atoms with van der Waals surface area (Å²) in [7, 11) is 0. The Morgan fingerprint density at radius 1 is 1.48 bits per heavy atom. The second-order valence-electron chi connectivity index (χ2n) is 5.66. The number of nitrogens with two attached hydrogens (primary N) is 1. The van der Waals surface area contributed by atoms with Crippen molar-refractivity contribution in [1.82, 2.24) is 10.3 Å². The predicted octanol–water partition coefficient (Wildman–Crippen LogP) is 2.01. The third-order valence-electron chi connectivity index (χ3n) is 4.41.